The molecule has 0 radical (unpaired) electrons. The molecule has 2 heterocycles. The highest BCUT2D eigenvalue weighted by Crippen LogP contribution is 2.31. The monoisotopic (exact) mass is 361 g/mol. The van der Waals surface area contributed by atoms with Gasteiger partial charge in [0.2, 0.25) is 6.79 Å². The van der Waals surface area contributed by atoms with Crippen molar-refractivity contribution in [3.05, 3.63) is 77.1 Å². The van der Waals surface area contributed by atoms with Gasteiger partial charge < -0.3 is 14.0 Å². The lowest BCUT2D eigenvalue weighted by molar-refractivity contribution is 0.0955. The molecule has 0 unspecified atom stereocenters. The van der Waals surface area contributed by atoms with Gasteiger partial charge in [0.05, 0.1) is 6.21 Å². The molecule has 6 heteroatoms. The van der Waals surface area contributed by atoms with E-state index in [0.717, 1.165) is 22.6 Å². The van der Waals surface area contributed by atoms with E-state index in [1.165, 1.54) is 0 Å². The molecule has 27 heavy (non-hydrogen) atoms. The van der Waals surface area contributed by atoms with Gasteiger partial charge in [-0.3, -0.25) is 4.79 Å². The van der Waals surface area contributed by atoms with Gasteiger partial charge in [-0.05, 0) is 74.0 Å². The molecule has 0 saturated carbocycles. The lowest BCUT2D eigenvalue weighted by Gasteiger charge is -2.10. The zero-order valence-corrected chi connectivity index (χ0v) is 15.1. The first-order valence-electron chi connectivity index (χ1n) is 8.60. The molecule has 0 atom stereocenters. The van der Waals surface area contributed by atoms with Gasteiger partial charge >= 0.3 is 0 Å². The molecule has 4 rings (SSSR count). The highest BCUT2D eigenvalue weighted by molar-refractivity contribution is 5.95. The number of fused-ring (bicyclic) bond motifs is 1. The van der Waals surface area contributed by atoms with Crippen molar-refractivity contribution in [1.29, 1.82) is 0 Å². The zero-order valence-electron chi connectivity index (χ0n) is 15.1. The van der Waals surface area contributed by atoms with Crippen molar-refractivity contribution in [2.75, 3.05) is 6.79 Å². The van der Waals surface area contributed by atoms with Crippen molar-refractivity contribution in [3.63, 3.8) is 0 Å². The van der Waals surface area contributed by atoms with Gasteiger partial charge in [0.1, 0.15) is 0 Å². The number of ether oxygens (including phenoxy) is 2. The summed E-state index contributed by atoms with van der Waals surface area (Å²) in [5.41, 5.74) is 7.23. The first-order valence-corrected chi connectivity index (χ1v) is 8.60. The first-order chi connectivity index (χ1) is 13.1. The number of hydrazone groups is 1. The standard InChI is InChI=1S/C21H19N3O3/c1-14-3-4-15(2)24(14)18-8-6-17(7-9-18)21(25)23-22-12-16-5-10-19-20(11-16)27-13-26-19/h3-12H,13H2,1-2H3,(H,23,25)/b22-12+. The van der Waals surface area contributed by atoms with E-state index in [9.17, 15) is 4.79 Å². The predicted octanol–water partition coefficient (Wildman–Crippen LogP) is 3.59. The quantitative estimate of drug-likeness (QED) is 0.571. The molecule has 2 aromatic carbocycles. The van der Waals surface area contributed by atoms with Gasteiger partial charge in [0.25, 0.3) is 5.91 Å². The summed E-state index contributed by atoms with van der Waals surface area (Å²) < 4.78 is 12.7. The number of carbonyl (C=O) groups is 1. The van der Waals surface area contributed by atoms with Gasteiger partial charge in [-0.2, -0.15) is 5.10 Å². The second-order valence-electron chi connectivity index (χ2n) is 6.31. The molecule has 1 aliphatic rings. The molecular formula is C21H19N3O3. The molecule has 0 bridgehead atoms. The van der Waals surface area contributed by atoms with Gasteiger partial charge in [-0.25, -0.2) is 5.43 Å². The number of hydrogen-bond donors (Lipinski definition) is 1. The molecule has 1 N–H and O–H groups in total. The summed E-state index contributed by atoms with van der Waals surface area (Å²) in [5.74, 6) is 1.13. The molecular weight excluding hydrogens is 342 g/mol. The van der Waals surface area contributed by atoms with Gasteiger partial charge in [-0.15, -0.1) is 0 Å². The minimum absolute atomic E-state index is 0.227. The summed E-state index contributed by atoms with van der Waals surface area (Å²) in [6.07, 6.45) is 1.57. The molecule has 0 saturated heterocycles. The van der Waals surface area contributed by atoms with E-state index in [2.05, 4.69) is 41.1 Å². The largest absolute Gasteiger partial charge is 0.454 e. The highest BCUT2D eigenvalue weighted by Gasteiger charge is 2.12. The summed E-state index contributed by atoms with van der Waals surface area (Å²) in [6.45, 7) is 4.33. The van der Waals surface area contributed by atoms with Crippen molar-refractivity contribution >= 4 is 12.1 Å². The molecule has 0 aliphatic carbocycles. The zero-order chi connectivity index (χ0) is 18.8. The summed E-state index contributed by atoms with van der Waals surface area (Å²) in [4.78, 5) is 12.3. The summed E-state index contributed by atoms with van der Waals surface area (Å²) in [5, 5.41) is 4.02. The Kier molecular flexibility index (Phi) is 4.38. The van der Waals surface area contributed by atoms with Crippen LogP contribution in [0, 0.1) is 13.8 Å². The van der Waals surface area contributed by atoms with Gasteiger partial charge in [0, 0.05) is 22.6 Å². The molecule has 136 valence electrons. The number of aromatic nitrogens is 1. The Labute approximate surface area is 157 Å². The number of hydrogen-bond acceptors (Lipinski definition) is 4. The van der Waals surface area contributed by atoms with Crippen LogP contribution in [0.15, 0.2) is 59.7 Å². The fourth-order valence-corrected chi connectivity index (χ4v) is 3.06. The van der Waals surface area contributed by atoms with Crippen LogP contribution in [0.2, 0.25) is 0 Å². The third-order valence-corrected chi connectivity index (χ3v) is 4.44. The number of aryl methyl sites for hydroxylation is 2. The summed E-state index contributed by atoms with van der Waals surface area (Å²) in [6, 6.07) is 17.1. The van der Waals surface area contributed by atoms with Crippen LogP contribution >= 0.6 is 0 Å². The van der Waals surface area contributed by atoms with Crippen LogP contribution in [0.1, 0.15) is 27.3 Å². The van der Waals surface area contributed by atoms with Gasteiger partial charge in [0.15, 0.2) is 11.5 Å². The van der Waals surface area contributed by atoms with E-state index in [1.54, 1.807) is 18.3 Å². The fraction of sp³-hybridized carbons (Fsp3) is 0.143. The normalized spacial score (nSPS) is 12.5. The predicted molar refractivity (Wildman–Crippen MR) is 103 cm³/mol. The number of amides is 1. The minimum Gasteiger partial charge on any atom is -0.454 e. The average Bonchev–Trinajstić information content (AvgIpc) is 3.27. The first kappa shape index (κ1) is 16.9. The van der Waals surface area contributed by atoms with Crippen LogP contribution in [-0.2, 0) is 0 Å². The third kappa shape index (κ3) is 3.42. The Hall–Kier alpha value is -3.54. The van der Waals surface area contributed by atoms with E-state index >= 15 is 0 Å². The smallest absolute Gasteiger partial charge is 0.271 e. The van der Waals surface area contributed by atoms with E-state index in [1.807, 2.05) is 30.3 Å². The topological polar surface area (TPSA) is 64.9 Å². The summed E-state index contributed by atoms with van der Waals surface area (Å²) >= 11 is 0. The SMILES string of the molecule is Cc1ccc(C)n1-c1ccc(C(=O)N/N=C/c2ccc3c(c2)OCO3)cc1. The Morgan fingerprint density at radius 3 is 2.44 bits per heavy atom. The molecule has 0 fully saturated rings. The number of carbonyl (C=O) groups excluding carboxylic acids is 1. The summed E-state index contributed by atoms with van der Waals surface area (Å²) in [7, 11) is 0. The number of rotatable bonds is 4. The number of benzene rings is 2. The maximum Gasteiger partial charge on any atom is 0.271 e. The molecule has 0 spiro atoms. The molecule has 1 amide bonds. The maximum atomic E-state index is 12.3. The van der Waals surface area contributed by atoms with Crippen molar-refractivity contribution in [1.82, 2.24) is 9.99 Å². The van der Waals surface area contributed by atoms with Crippen LogP contribution in [0.5, 0.6) is 11.5 Å². The lowest BCUT2D eigenvalue weighted by atomic mass is 10.2. The number of nitrogens with one attached hydrogen (secondary N) is 1. The van der Waals surface area contributed by atoms with Crippen LogP contribution in [0.25, 0.3) is 5.69 Å². The van der Waals surface area contributed by atoms with E-state index < -0.39 is 0 Å². The number of nitrogens with zero attached hydrogens (tertiary/aromatic N) is 2. The van der Waals surface area contributed by atoms with Crippen LogP contribution < -0.4 is 14.9 Å². The minimum atomic E-state index is -0.264. The molecule has 3 aromatic rings. The van der Waals surface area contributed by atoms with Gasteiger partial charge in [-0.1, -0.05) is 0 Å². The van der Waals surface area contributed by atoms with Crippen molar-refractivity contribution in [2.45, 2.75) is 13.8 Å². The Morgan fingerprint density at radius 2 is 1.70 bits per heavy atom. The second kappa shape index (κ2) is 6.99. The fourth-order valence-electron chi connectivity index (χ4n) is 3.06. The van der Waals surface area contributed by atoms with Crippen LogP contribution in [0.4, 0.5) is 0 Å². The average molecular weight is 361 g/mol. The lowest BCUT2D eigenvalue weighted by Crippen LogP contribution is -2.17. The third-order valence-electron chi connectivity index (χ3n) is 4.44. The van der Waals surface area contributed by atoms with Crippen molar-refractivity contribution in [2.24, 2.45) is 5.10 Å². The highest BCUT2D eigenvalue weighted by atomic mass is 16.7. The molecule has 6 nitrogen and oxygen atoms in total. The van der Waals surface area contributed by atoms with E-state index in [4.69, 9.17) is 9.47 Å². The Morgan fingerprint density at radius 1 is 1.00 bits per heavy atom. The van der Waals surface area contributed by atoms with Crippen molar-refractivity contribution in [3.8, 4) is 17.2 Å². The second-order valence-corrected chi connectivity index (χ2v) is 6.31. The Bertz CT molecular complexity index is 1000. The Balaban J connectivity index is 1.42. The van der Waals surface area contributed by atoms with Crippen LogP contribution in [0.3, 0.4) is 0 Å². The van der Waals surface area contributed by atoms with Crippen molar-refractivity contribution < 1.29 is 14.3 Å². The van der Waals surface area contributed by atoms with E-state index in [0.29, 0.717) is 17.1 Å². The maximum absolute atomic E-state index is 12.3. The molecule has 1 aliphatic heterocycles. The molecule has 1 aromatic heterocycles. The van der Waals surface area contributed by atoms with Crippen LogP contribution in [-0.4, -0.2) is 23.5 Å². The van der Waals surface area contributed by atoms with E-state index in [-0.39, 0.29) is 12.7 Å².